The number of nitrogens with zero attached hydrogens (tertiary/aromatic N) is 3. The molecular weight excluding hydrogens is 396 g/mol. The molecule has 2 N–H and O–H groups in total. The number of para-hydroxylation sites is 1. The van der Waals surface area contributed by atoms with Crippen molar-refractivity contribution < 1.29 is 19.4 Å². The molecule has 4 rings (SSSR count). The Morgan fingerprint density at radius 2 is 2.00 bits per heavy atom. The van der Waals surface area contributed by atoms with Crippen molar-refractivity contribution in [1.82, 2.24) is 10.2 Å². The molecule has 2 aliphatic heterocycles. The summed E-state index contributed by atoms with van der Waals surface area (Å²) < 4.78 is 5.84. The zero-order chi connectivity index (χ0) is 21.6. The molecular formula is C23H26N4O4. The van der Waals surface area contributed by atoms with Crippen LogP contribution in [0.4, 0.5) is 11.4 Å². The second kappa shape index (κ2) is 9.61. The van der Waals surface area contributed by atoms with Crippen molar-refractivity contribution in [3.63, 3.8) is 0 Å². The standard InChI is InChI=1S/C23H26N4O4/c28-12-11-27(18-6-2-1-3-7-18)22(30)8-4-5-13-31-19-10-9-17-15-26-16-21(29)25-23(26)24-20(17)14-19/h1-3,6-7,9-10,14,28H,4-5,8,11-13,15-16H2,(H,24,25,29). The Morgan fingerprint density at radius 3 is 2.81 bits per heavy atom. The zero-order valence-corrected chi connectivity index (χ0v) is 17.3. The summed E-state index contributed by atoms with van der Waals surface area (Å²) >= 11 is 0. The van der Waals surface area contributed by atoms with Gasteiger partial charge in [-0.1, -0.05) is 24.3 Å². The van der Waals surface area contributed by atoms with Gasteiger partial charge in [0.15, 0.2) is 0 Å². The van der Waals surface area contributed by atoms with Crippen molar-refractivity contribution in [3.05, 3.63) is 54.1 Å². The molecule has 2 aliphatic rings. The van der Waals surface area contributed by atoms with E-state index >= 15 is 0 Å². The Hall–Kier alpha value is -3.39. The first-order valence-corrected chi connectivity index (χ1v) is 10.5. The average Bonchev–Trinajstić information content (AvgIpc) is 3.14. The van der Waals surface area contributed by atoms with Crippen LogP contribution in [0.5, 0.6) is 5.75 Å². The topological polar surface area (TPSA) is 94.5 Å². The van der Waals surface area contributed by atoms with E-state index in [1.807, 2.05) is 53.4 Å². The lowest BCUT2D eigenvalue weighted by Crippen LogP contribution is -2.33. The van der Waals surface area contributed by atoms with Gasteiger partial charge in [0.2, 0.25) is 17.8 Å². The summed E-state index contributed by atoms with van der Waals surface area (Å²) in [4.78, 5) is 32.2. The Morgan fingerprint density at radius 1 is 1.16 bits per heavy atom. The van der Waals surface area contributed by atoms with Crippen LogP contribution in [0.3, 0.4) is 0 Å². The lowest BCUT2D eigenvalue weighted by molar-refractivity contribution is -0.119. The lowest BCUT2D eigenvalue weighted by Gasteiger charge is -2.23. The van der Waals surface area contributed by atoms with Crippen molar-refractivity contribution in [2.75, 3.05) is 31.2 Å². The normalized spacial score (nSPS) is 14.4. The first-order chi connectivity index (χ1) is 15.1. The third-order valence-electron chi connectivity index (χ3n) is 5.28. The molecule has 0 atom stereocenters. The van der Waals surface area contributed by atoms with E-state index in [4.69, 9.17) is 4.74 Å². The van der Waals surface area contributed by atoms with Gasteiger partial charge in [0, 0.05) is 31.3 Å². The predicted octanol–water partition coefficient (Wildman–Crippen LogP) is 2.19. The van der Waals surface area contributed by atoms with Crippen LogP contribution >= 0.6 is 0 Å². The second-order valence-electron chi connectivity index (χ2n) is 7.54. The smallest absolute Gasteiger partial charge is 0.246 e. The number of nitrogens with one attached hydrogen (secondary N) is 1. The highest BCUT2D eigenvalue weighted by molar-refractivity contribution is 6.05. The molecule has 2 aromatic rings. The summed E-state index contributed by atoms with van der Waals surface area (Å²) in [6.45, 7) is 1.70. The third kappa shape index (κ3) is 5.03. The van der Waals surface area contributed by atoms with Crippen LogP contribution in [0.25, 0.3) is 0 Å². The summed E-state index contributed by atoms with van der Waals surface area (Å²) in [5.74, 6) is 1.27. The summed E-state index contributed by atoms with van der Waals surface area (Å²) in [6.07, 6.45) is 1.83. The number of anilines is 1. The fraction of sp³-hybridized carbons (Fsp3) is 0.348. The van der Waals surface area contributed by atoms with E-state index in [0.717, 1.165) is 29.1 Å². The number of hydrogen-bond acceptors (Lipinski definition) is 6. The maximum Gasteiger partial charge on any atom is 0.246 e. The SMILES string of the molecule is O=C1CN2Cc3ccc(OCCCCC(=O)N(CCO)c4ccccc4)cc3N=C2N1. The van der Waals surface area contributed by atoms with Gasteiger partial charge < -0.3 is 19.6 Å². The number of aliphatic imine (C=N–C) groups is 1. The van der Waals surface area contributed by atoms with Gasteiger partial charge in [0.05, 0.1) is 18.9 Å². The minimum absolute atomic E-state index is 0.00646. The summed E-state index contributed by atoms with van der Waals surface area (Å²) in [6, 6.07) is 15.2. The van der Waals surface area contributed by atoms with Gasteiger partial charge in [0.25, 0.3) is 0 Å². The molecule has 0 saturated carbocycles. The minimum Gasteiger partial charge on any atom is -0.494 e. The number of aliphatic hydroxyl groups is 1. The molecule has 2 heterocycles. The van der Waals surface area contributed by atoms with Gasteiger partial charge in [-0.3, -0.25) is 14.9 Å². The number of fused-ring (bicyclic) bond motifs is 2. The molecule has 8 heteroatoms. The number of unbranched alkanes of at least 4 members (excludes halogenated alkanes) is 1. The van der Waals surface area contributed by atoms with E-state index in [0.29, 0.717) is 38.5 Å². The largest absolute Gasteiger partial charge is 0.494 e. The van der Waals surface area contributed by atoms with Crippen LogP contribution in [0, 0.1) is 0 Å². The van der Waals surface area contributed by atoms with Gasteiger partial charge in [0.1, 0.15) is 12.3 Å². The summed E-state index contributed by atoms with van der Waals surface area (Å²) in [5.41, 5.74) is 2.66. The number of carbonyl (C=O) groups excluding carboxylic acids is 2. The molecule has 0 radical (unpaired) electrons. The maximum absolute atomic E-state index is 12.6. The van der Waals surface area contributed by atoms with Crippen molar-refractivity contribution in [2.45, 2.75) is 25.8 Å². The highest BCUT2D eigenvalue weighted by atomic mass is 16.5. The lowest BCUT2D eigenvalue weighted by atomic mass is 10.1. The van der Waals surface area contributed by atoms with Crippen molar-refractivity contribution >= 4 is 29.1 Å². The van der Waals surface area contributed by atoms with Crippen molar-refractivity contribution in [1.29, 1.82) is 0 Å². The molecule has 0 aliphatic carbocycles. The van der Waals surface area contributed by atoms with E-state index in [-0.39, 0.29) is 25.0 Å². The fourth-order valence-electron chi connectivity index (χ4n) is 3.72. The quantitative estimate of drug-likeness (QED) is 0.604. The minimum atomic E-state index is -0.0757. The first-order valence-electron chi connectivity index (χ1n) is 10.5. The highest BCUT2D eigenvalue weighted by Gasteiger charge is 2.29. The van der Waals surface area contributed by atoms with Crippen molar-refractivity contribution in [3.8, 4) is 5.75 Å². The molecule has 8 nitrogen and oxygen atoms in total. The number of benzene rings is 2. The number of amides is 2. The molecule has 2 amide bonds. The molecule has 0 spiro atoms. The zero-order valence-electron chi connectivity index (χ0n) is 17.3. The average molecular weight is 422 g/mol. The van der Waals surface area contributed by atoms with E-state index in [1.54, 1.807) is 4.90 Å². The summed E-state index contributed by atoms with van der Waals surface area (Å²) in [7, 11) is 0. The molecule has 0 aromatic heterocycles. The maximum atomic E-state index is 12.6. The van der Waals surface area contributed by atoms with E-state index in [1.165, 1.54) is 0 Å². The van der Waals surface area contributed by atoms with Crippen LogP contribution in [-0.4, -0.2) is 54.1 Å². The Bertz CT molecular complexity index is 977. The van der Waals surface area contributed by atoms with Gasteiger partial charge in [-0.05, 0) is 36.6 Å². The number of hydrogen-bond donors (Lipinski definition) is 2. The van der Waals surface area contributed by atoms with Crippen LogP contribution < -0.4 is 15.0 Å². The van der Waals surface area contributed by atoms with E-state index in [2.05, 4.69) is 10.3 Å². The molecule has 1 fully saturated rings. The van der Waals surface area contributed by atoms with Crippen LogP contribution in [0.15, 0.2) is 53.5 Å². The first kappa shape index (κ1) is 20.9. The Kier molecular flexibility index (Phi) is 6.47. The number of ether oxygens (including phenoxy) is 1. The van der Waals surface area contributed by atoms with Gasteiger partial charge in [-0.25, -0.2) is 4.99 Å². The molecule has 31 heavy (non-hydrogen) atoms. The molecule has 0 bridgehead atoms. The van der Waals surface area contributed by atoms with E-state index in [9.17, 15) is 14.7 Å². The Labute approximate surface area is 181 Å². The van der Waals surface area contributed by atoms with Gasteiger partial charge in [-0.2, -0.15) is 0 Å². The van der Waals surface area contributed by atoms with Crippen LogP contribution in [0.2, 0.25) is 0 Å². The van der Waals surface area contributed by atoms with Gasteiger partial charge in [-0.15, -0.1) is 0 Å². The number of carbonyl (C=O) groups is 2. The fourth-order valence-corrected chi connectivity index (χ4v) is 3.72. The number of aliphatic hydroxyl groups excluding tert-OH is 1. The highest BCUT2D eigenvalue weighted by Crippen LogP contribution is 2.30. The van der Waals surface area contributed by atoms with Gasteiger partial charge >= 0.3 is 0 Å². The molecule has 2 aromatic carbocycles. The molecule has 1 saturated heterocycles. The predicted molar refractivity (Wildman–Crippen MR) is 117 cm³/mol. The van der Waals surface area contributed by atoms with Crippen LogP contribution in [-0.2, 0) is 16.1 Å². The monoisotopic (exact) mass is 422 g/mol. The Balaban J connectivity index is 1.25. The third-order valence-corrected chi connectivity index (χ3v) is 5.28. The van der Waals surface area contributed by atoms with Crippen molar-refractivity contribution in [2.24, 2.45) is 4.99 Å². The summed E-state index contributed by atoms with van der Waals surface area (Å²) in [5, 5.41) is 12.0. The second-order valence-corrected chi connectivity index (χ2v) is 7.54. The van der Waals surface area contributed by atoms with E-state index < -0.39 is 0 Å². The molecule has 0 unspecified atom stereocenters. The number of rotatable bonds is 9. The number of guanidine groups is 1. The van der Waals surface area contributed by atoms with Crippen LogP contribution in [0.1, 0.15) is 24.8 Å². The molecule has 162 valence electrons.